The lowest BCUT2D eigenvalue weighted by molar-refractivity contribution is -0.119. The molecule has 1 aromatic heterocycles. The topological polar surface area (TPSA) is 65.8 Å². The molecule has 1 heterocycles. The van der Waals surface area contributed by atoms with Gasteiger partial charge in [0, 0.05) is 5.69 Å². The SMILES string of the molecule is CCc1nc(SCC(=O)N[C@H](C)c2ccccc2)c(C#N)c2c1CCCC2. The molecule has 5 heteroatoms. The van der Waals surface area contributed by atoms with E-state index in [0.29, 0.717) is 10.6 Å². The van der Waals surface area contributed by atoms with Crippen LogP contribution >= 0.6 is 11.8 Å². The molecule has 3 rings (SSSR count). The van der Waals surface area contributed by atoms with Crippen molar-refractivity contribution < 1.29 is 4.79 Å². The van der Waals surface area contributed by atoms with Crippen LogP contribution in [-0.2, 0) is 24.1 Å². The Hall–Kier alpha value is -2.32. The van der Waals surface area contributed by atoms with E-state index in [2.05, 4.69) is 18.3 Å². The second kappa shape index (κ2) is 9.05. The van der Waals surface area contributed by atoms with Gasteiger partial charge in [0.15, 0.2) is 0 Å². The number of benzene rings is 1. The van der Waals surface area contributed by atoms with Gasteiger partial charge in [-0.1, -0.05) is 49.0 Å². The zero-order chi connectivity index (χ0) is 19.2. The number of nitrogens with zero attached hydrogens (tertiary/aromatic N) is 2. The predicted molar refractivity (Wildman–Crippen MR) is 109 cm³/mol. The molecule has 1 N–H and O–H groups in total. The van der Waals surface area contributed by atoms with Gasteiger partial charge in [0.1, 0.15) is 11.1 Å². The van der Waals surface area contributed by atoms with E-state index < -0.39 is 0 Å². The van der Waals surface area contributed by atoms with Crippen molar-refractivity contribution in [1.82, 2.24) is 10.3 Å². The molecule has 0 unspecified atom stereocenters. The number of amides is 1. The average Bonchev–Trinajstić information content (AvgIpc) is 2.71. The summed E-state index contributed by atoms with van der Waals surface area (Å²) >= 11 is 1.37. The monoisotopic (exact) mass is 379 g/mol. The zero-order valence-corrected chi connectivity index (χ0v) is 16.7. The Morgan fingerprint density at radius 2 is 1.96 bits per heavy atom. The van der Waals surface area contributed by atoms with Crippen LogP contribution in [0, 0.1) is 11.3 Å². The van der Waals surface area contributed by atoms with E-state index in [1.807, 2.05) is 37.3 Å². The Kier molecular flexibility index (Phi) is 6.52. The van der Waals surface area contributed by atoms with Gasteiger partial charge in [-0.05, 0) is 55.7 Å². The van der Waals surface area contributed by atoms with Crippen LogP contribution in [0.4, 0.5) is 0 Å². The first-order valence-corrected chi connectivity index (χ1v) is 10.5. The second-order valence-corrected chi connectivity index (χ2v) is 7.82. The molecule has 27 heavy (non-hydrogen) atoms. The number of nitriles is 1. The minimum Gasteiger partial charge on any atom is -0.349 e. The summed E-state index contributed by atoms with van der Waals surface area (Å²) in [6, 6.07) is 12.2. The van der Waals surface area contributed by atoms with Crippen molar-refractivity contribution in [3.8, 4) is 6.07 Å². The first-order valence-electron chi connectivity index (χ1n) is 9.55. The van der Waals surface area contributed by atoms with Crippen molar-refractivity contribution in [3.05, 3.63) is 58.3 Å². The van der Waals surface area contributed by atoms with E-state index in [9.17, 15) is 10.1 Å². The third-order valence-corrected chi connectivity index (χ3v) is 6.01. The number of nitrogens with one attached hydrogen (secondary N) is 1. The number of carbonyl (C=O) groups excluding carboxylic acids is 1. The number of rotatable bonds is 6. The quantitative estimate of drug-likeness (QED) is 0.757. The fourth-order valence-electron chi connectivity index (χ4n) is 3.63. The van der Waals surface area contributed by atoms with E-state index in [4.69, 9.17) is 4.98 Å². The van der Waals surface area contributed by atoms with Gasteiger partial charge in [0.05, 0.1) is 17.4 Å². The standard InChI is InChI=1S/C22H25N3OS/c1-3-20-18-12-8-7-11-17(18)19(13-23)22(25-20)27-14-21(26)24-15(2)16-9-5-4-6-10-16/h4-6,9-10,15H,3,7-8,11-12,14H2,1-2H3,(H,24,26)/t15-/m1/s1. The summed E-state index contributed by atoms with van der Waals surface area (Å²) in [5, 5.41) is 13.4. The Labute approximate surface area is 165 Å². The number of fused-ring (bicyclic) bond motifs is 1. The van der Waals surface area contributed by atoms with Gasteiger partial charge < -0.3 is 5.32 Å². The molecule has 1 aliphatic rings. The van der Waals surface area contributed by atoms with Crippen LogP contribution in [0.5, 0.6) is 0 Å². The lowest BCUT2D eigenvalue weighted by Crippen LogP contribution is -2.28. The summed E-state index contributed by atoms with van der Waals surface area (Å²) in [5.41, 5.74) is 5.27. The van der Waals surface area contributed by atoms with Crippen LogP contribution in [0.15, 0.2) is 35.4 Å². The first kappa shape index (κ1) is 19.4. The minimum atomic E-state index is -0.0440. The molecule has 0 saturated carbocycles. The molecule has 1 aromatic carbocycles. The minimum absolute atomic E-state index is 0.0437. The van der Waals surface area contributed by atoms with Crippen LogP contribution in [0.25, 0.3) is 0 Å². The molecule has 140 valence electrons. The number of pyridine rings is 1. The van der Waals surface area contributed by atoms with Crippen molar-refractivity contribution in [2.24, 2.45) is 0 Å². The zero-order valence-electron chi connectivity index (χ0n) is 15.9. The van der Waals surface area contributed by atoms with E-state index in [0.717, 1.165) is 42.5 Å². The molecule has 0 fully saturated rings. The smallest absolute Gasteiger partial charge is 0.230 e. The molecule has 4 nitrogen and oxygen atoms in total. The number of carbonyl (C=O) groups is 1. The predicted octanol–water partition coefficient (Wildman–Crippen LogP) is 4.36. The maximum atomic E-state index is 12.4. The number of aryl methyl sites for hydroxylation is 1. The summed E-state index contributed by atoms with van der Waals surface area (Å²) < 4.78 is 0. The van der Waals surface area contributed by atoms with Gasteiger partial charge in [-0.25, -0.2) is 4.98 Å². The van der Waals surface area contributed by atoms with Crippen molar-refractivity contribution in [3.63, 3.8) is 0 Å². The second-order valence-electron chi connectivity index (χ2n) is 6.86. The molecule has 2 aromatic rings. The lowest BCUT2D eigenvalue weighted by atomic mass is 9.87. The number of aromatic nitrogens is 1. The van der Waals surface area contributed by atoms with Crippen molar-refractivity contribution in [2.45, 2.75) is 57.0 Å². The fourth-order valence-corrected chi connectivity index (χ4v) is 4.47. The maximum Gasteiger partial charge on any atom is 0.230 e. The molecule has 0 saturated heterocycles. The summed E-state index contributed by atoms with van der Waals surface area (Å²) in [4.78, 5) is 17.1. The summed E-state index contributed by atoms with van der Waals surface area (Å²) in [6.45, 7) is 4.08. The van der Waals surface area contributed by atoms with Gasteiger partial charge in [-0.2, -0.15) is 5.26 Å². The molecule has 1 atom stereocenters. The molecule has 1 amide bonds. The summed E-state index contributed by atoms with van der Waals surface area (Å²) in [7, 11) is 0. The summed E-state index contributed by atoms with van der Waals surface area (Å²) in [5.74, 6) is 0.221. The highest BCUT2D eigenvalue weighted by Gasteiger charge is 2.22. The Balaban J connectivity index is 1.72. The Morgan fingerprint density at radius 3 is 2.63 bits per heavy atom. The van der Waals surface area contributed by atoms with Crippen LogP contribution in [0.1, 0.15) is 60.7 Å². The summed E-state index contributed by atoms with van der Waals surface area (Å²) in [6.07, 6.45) is 5.10. The van der Waals surface area contributed by atoms with Crippen molar-refractivity contribution in [2.75, 3.05) is 5.75 Å². The first-order chi connectivity index (χ1) is 13.1. The van der Waals surface area contributed by atoms with Gasteiger partial charge in [-0.15, -0.1) is 0 Å². The molecule has 0 aliphatic heterocycles. The highest BCUT2D eigenvalue weighted by molar-refractivity contribution is 8.00. The van der Waals surface area contributed by atoms with Crippen molar-refractivity contribution >= 4 is 17.7 Å². The highest BCUT2D eigenvalue weighted by atomic mass is 32.2. The Bertz CT molecular complexity index is 858. The number of hydrogen-bond donors (Lipinski definition) is 1. The van der Waals surface area contributed by atoms with Crippen LogP contribution in [0.2, 0.25) is 0 Å². The third kappa shape index (κ3) is 4.51. The maximum absolute atomic E-state index is 12.4. The van der Waals surface area contributed by atoms with Gasteiger partial charge in [0.25, 0.3) is 0 Å². The highest BCUT2D eigenvalue weighted by Crippen LogP contribution is 2.32. The van der Waals surface area contributed by atoms with Gasteiger partial charge >= 0.3 is 0 Å². The van der Waals surface area contributed by atoms with E-state index >= 15 is 0 Å². The Morgan fingerprint density at radius 1 is 1.26 bits per heavy atom. The molecule has 0 spiro atoms. The van der Waals surface area contributed by atoms with Gasteiger partial charge in [0.2, 0.25) is 5.91 Å². The largest absolute Gasteiger partial charge is 0.349 e. The van der Waals surface area contributed by atoms with Gasteiger partial charge in [-0.3, -0.25) is 4.79 Å². The normalized spacial score (nSPS) is 14.1. The number of hydrogen-bond acceptors (Lipinski definition) is 4. The van der Waals surface area contributed by atoms with Crippen LogP contribution < -0.4 is 5.32 Å². The van der Waals surface area contributed by atoms with Crippen LogP contribution in [-0.4, -0.2) is 16.6 Å². The average molecular weight is 380 g/mol. The van der Waals surface area contributed by atoms with E-state index in [1.165, 1.54) is 23.7 Å². The lowest BCUT2D eigenvalue weighted by Gasteiger charge is -2.21. The fraction of sp³-hybridized carbons (Fsp3) is 0.409. The molecule has 0 bridgehead atoms. The molecular weight excluding hydrogens is 354 g/mol. The van der Waals surface area contributed by atoms with E-state index in [1.54, 1.807) is 0 Å². The van der Waals surface area contributed by atoms with Crippen molar-refractivity contribution in [1.29, 1.82) is 5.26 Å². The molecule has 1 aliphatic carbocycles. The van der Waals surface area contributed by atoms with E-state index in [-0.39, 0.29) is 17.7 Å². The van der Waals surface area contributed by atoms with Crippen LogP contribution in [0.3, 0.4) is 0 Å². The number of thioether (sulfide) groups is 1. The third-order valence-electron chi connectivity index (χ3n) is 5.03. The molecule has 0 radical (unpaired) electrons. The molecular formula is C22H25N3OS.